The number of rotatable bonds is 5. The Morgan fingerprint density at radius 2 is 2.12 bits per heavy atom. The first-order chi connectivity index (χ1) is 7.56. The Kier molecular flexibility index (Phi) is 4.28. The van der Waals surface area contributed by atoms with Gasteiger partial charge in [0.25, 0.3) is 0 Å². The minimum Gasteiger partial charge on any atom is -0.466 e. The quantitative estimate of drug-likeness (QED) is 0.566. The molecule has 0 aliphatic heterocycles. The molecular formula is C12H17NO3. The number of esters is 1. The van der Waals surface area contributed by atoms with Crippen LogP contribution in [0.1, 0.15) is 36.3 Å². The van der Waals surface area contributed by atoms with Crippen LogP contribution in [0.4, 0.5) is 0 Å². The molecule has 0 N–H and O–H groups in total. The van der Waals surface area contributed by atoms with Gasteiger partial charge in [0.05, 0.1) is 13.0 Å². The third-order valence-corrected chi connectivity index (χ3v) is 2.48. The summed E-state index contributed by atoms with van der Waals surface area (Å²) >= 11 is 0. The van der Waals surface area contributed by atoms with E-state index in [0.717, 1.165) is 5.69 Å². The molecule has 4 nitrogen and oxygen atoms in total. The number of ketones is 1. The molecule has 1 aromatic rings. The predicted molar refractivity (Wildman–Crippen MR) is 60.4 cm³/mol. The van der Waals surface area contributed by atoms with E-state index < -0.39 is 0 Å². The molecule has 0 saturated carbocycles. The summed E-state index contributed by atoms with van der Waals surface area (Å²) in [6.45, 7) is 6.16. The van der Waals surface area contributed by atoms with Gasteiger partial charge in [-0.05, 0) is 26.8 Å². The average molecular weight is 223 g/mol. The molecule has 0 saturated heterocycles. The molecule has 1 aromatic heterocycles. The number of hydrogen-bond acceptors (Lipinski definition) is 3. The molecular weight excluding hydrogens is 206 g/mol. The fourth-order valence-corrected chi connectivity index (χ4v) is 1.61. The second kappa shape index (κ2) is 5.49. The fourth-order valence-electron chi connectivity index (χ4n) is 1.61. The van der Waals surface area contributed by atoms with Crippen LogP contribution in [-0.4, -0.2) is 22.9 Å². The van der Waals surface area contributed by atoms with Crippen molar-refractivity contribution in [1.82, 2.24) is 4.57 Å². The van der Waals surface area contributed by atoms with E-state index in [9.17, 15) is 9.59 Å². The summed E-state index contributed by atoms with van der Waals surface area (Å²) in [5.41, 5.74) is 1.61. The molecule has 0 unspecified atom stereocenters. The molecule has 0 radical (unpaired) electrons. The Morgan fingerprint density at radius 3 is 2.62 bits per heavy atom. The maximum absolute atomic E-state index is 11.2. The predicted octanol–water partition coefficient (Wildman–Crippen LogP) is 1.95. The third kappa shape index (κ3) is 2.95. The highest BCUT2D eigenvalue weighted by Gasteiger charge is 2.09. The van der Waals surface area contributed by atoms with E-state index in [1.165, 1.54) is 6.92 Å². The Bertz CT molecular complexity index is 393. The Balaban J connectivity index is 2.61. The average Bonchev–Trinajstić information content (AvgIpc) is 2.57. The molecule has 0 amide bonds. The van der Waals surface area contributed by atoms with Crippen LogP contribution >= 0.6 is 0 Å². The van der Waals surface area contributed by atoms with Crippen molar-refractivity contribution in [2.75, 3.05) is 6.61 Å². The van der Waals surface area contributed by atoms with Gasteiger partial charge in [0, 0.05) is 24.0 Å². The Labute approximate surface area is 95.2 Å². The van der Waals surface area contributed by atoms with Gasteiger partial charge >= 0.3 is 5.97 Å². The fraction of sp³-hybridized carbons (Fsp3) is 0.500. The van der Waals surface area contributed by atoms with Crippen LogP contribution in [0.25, 0.3) is 0 Å². The van der Waals surface area contributed by atoms with E-state index in [2.05, 4.69) is 0 Å². The minimum atomic E-state index is -0.208. The van der Waals surface area contributed by atoms with E-state index in [4.69, 9.17) is 4.74 Å². The number of aryl methyl sites for hydroxylation is 1. The van der Waals surface area contributed by atoms with Crippen molar-refractivity contribution >= 4 is 11.8 Å². The van der Waals surface area contributed by atoms with Gasteiger partial charge in [-0.1, -0.05) is 0 Å². The summed E-state index contributed by atoms with van der Waals surface area (Å²) in [4.78, 5) is 22.4. The van der Waals surface area contributed by atoms with Crippen LogP contribution in [-0.2, 0) is 16.1 Å². The lowest BCUT2D eigenvalue weighted by Gasteiger charge is -2.06. The van der Waals surface area contributed by atoms with Crippen molar-refractivity contribution in [3.05, 3.63) is 23.5 Å². The summed E-state index contributed by atoms with van der Waals surface area (Å²) in [5.74, 6) is -0.160. The molecule has 0 aliphatic carbocycles. The highest BCUT2D eigenvalue weighted by Crippen LogP contribution is 2.11. The van der Waals surface area contributed by atoms with Gasteiger partial charge in [0.1, 0.15) is 0 Å². The third-order valence-electron chi connectivity index (χ3n) is 2.48. The van der Waals surface area contributed by atoms with Crippen LogP contribution in [0.15, 0.2) is 12.3 Å². The van der Waals surface area contributed by atoms with Gasteiger partial charge in [-0.15, -0.1) is 0 Å². The maximum atomic E-state index is 11.2. The lowest BCUT2D eigenvalue weighted by Crippen LogP contribution is -2.09. The lowest BCUT2D eigenvalue weighted by atomic mass is 10.2. The van der Waals surface area contributed by atoms with Gasteiger partial charge in [0.2, 0.25) is 0 Å². The molecule has 1 rings (SSSR count). The summed E-state index contributed by atoms with van der Waals surface area (Å²) in [7, 11) is 0. The number of nitrogens with zero attached hydrogens (tertiary/aromatic N) is 1. The second-order valence-electron chi connectivity index (χ2n) is 3.62. The van der Waals surface area contributed by atoms with E-state index in [1.807, 2.05) is 17.7 Å². The first-order valence-corrected chi connectivity index (χ1v) is 5.38. The number of carbonyl (C=O) groups is 2. The van der Waals surface area contributed by atoms with Crippen molar-refractivity contribution in [3.8, 4) is 0 Å². The largest absolute Gasteiger partial charge is 0.466 e. The molecule has 0 fully saturated rings. The summed E-state index contributed by atoms with van der Waals surface area (Å²) in [6.07, 6.45) is 2.16. The highest BCUT2D eigenvalue weighted by atomic mass is 16.5. The SMILES string of the molecule is CCOC(=O)CCn1ccc(C(C)=O)c1C. The normalized spacial score (nSPS) is 10.2. The summed E-state index contributed by atoms with van der Waals surface area (Å²) in [6, 6.07) is 1.78. The van der Waals surface area contributed by atoms with Gasteiger partial charge < -0.3 is 9.30 Å². The van der Waals surface area contributed by atoms with E-state index in [1.54, 1.807) is 13.0 Å². The van der Waals surface area contributed by atoms with Crippen molar-refractivity contribution in [2.24, 2.45) is 0 Å². The number of hydrogen-bond donors (Lipinski definition) is 0. The molecule has 88 valence electrons. The van der Waals surface area contributed by atoms with Crippen molar-refractivity contribution in [2.45, 2.75) is 33.7 Å². The Hall–Kier alpha value is -1.58. The number of aromatic nitrogens is 1. The molecule has 0 bridgehead atoms. The van der Waals surface area contributed by atoms with Gasteiger partial charge in [-0.3, -0.25) is 9.59 Å². The van der Waals surface area contributed by atoms with Gasteiger partial charge in [-0.25, -0.2) is 0 Å². The molecule has 16 heavy (non-hydrogen) atoms. The first kappa shape index (κ1) is 12.5. The standard InChI is InChI=1S/C12H17NO3/c1-4-16-12(15)6-8-13-7-5-11(9(13)2)10(3)14/h5,7H,4,6,8H2,1-3H3. The van der Waals surface area contributed by atoms with E-state index in [-0.39, 0.29) is 11.8 Å². The van der Waals surface area contributed by atoms with Crippen molar-refractivity contribution < 1.29 is 14.3 Å². The highest BCUT2D eigenvalue weighted by molar-refractivity contribution is 5.95. The topological polar surface area (TPSA) is 48.3 Å². The summed E-state index contributed by atoms with van der Waals surface area (Å²) < 4.78 is 6.74. The van der Waals surface area contributed by atoms with Gasteiger partial charge in [-0.2, -0.15) is 0 Å². The maximum Gasteiger partial charge on any atom is 0.307 e. The lowest BCUT2D eigenvalue weighted by molar-refractivity contribution is -0.143. The molecule has 0 atom stereocenters. The van der Waals surface area contributed by atoms with Crippen LogP contribution in [0, 0.1) is 6.92 Å². The molecule has 0 aliphatic rings. The number of carbonyl (C=O) groups excluding carboxylic acids is 2. The molecule has 0 spiro atoms. The Morgan fingerprint density at radius 1 is 1.44 bits per heavy atom. The zero-order chi connectivity index (χ0) is 12.1. The summed E-state index contributed by atoms with van der Waals surface area (Å²) in [5, 5.41) is 0. The van der Waals surface area contributed by atoms with E-state index >= 15 is 0 Å². The van der Waals surface area contributed by atoms with E-state index in [0.29, 0.717) is 25.1 Å². The number of Topliss-reactive ketones (excluding diaryl/α,β-unsaturated/α-hetero) is 1. The molecule has 4 heteroatoms. The number of ether oxygens (including phenoxy) is 1. The minimum absolute atomic E-state index is 0.0485. The first-order valence-electron chi connectivity index (χ1n) is 5.38. The zero-order valence-corrected chi connectivity index (χ0v) is 9.95. The van der Waals surface area contributed by atoms with Crippen LogP contribution < -0.4 is 0 Å². The smallest absolute Gasteiger partial charge is 0.307 e. The van der Waals surface area contributed by atoms with Crippen LogP contribution in [0.5, 0.6) is 0 Å². The second-order valence-corrected chi connectivity index (χ2v) is 3.62. The van der Waals surface area contributed by atoms with Crippen LogP contribution in [0.3, 0.4) is 0 Å². The zero-order valence-electron chi connectivity index (χ0n) is 9.95. The van der Waals surface area contributed by atoms with Crippen LogP contribution in [0.2, 0.25) is 0 Å². The molecule has 0 aromatic carbocycles. The van der Waals surface area contributed by atoms with Crippen molar-refractivity contribution in [3.63, 3.8) is 0 Å². The monoisotopic (exact) mass is 223 g/mol. The van der Waals surface area contributed by atoms with Gasteiger partial charge in [0.15, 0.2) is 5.78 Å². The van der Waals surface area contributed by atoms with Crippen molar-refractivity contribution in [1.29, 1.82) is 0 Å². The molecule has 1 heterocycles.